The number of amides is 1. The van der Waals surface area contributed by atoms with E-state index in [0.717, 1.165) is 11.3 Å². The van der Waals surface area contributed by atoms with Crippen molar-refractivity contribution in [3.8, 4) is 0 Å². The van der Waals surface area contributed by atoms with Crippen LogP contribution in [0.5, 0.6) is 0 Å². The Morgan fingerprint density at radius 3 is 2.68 bits per heavy atom. The third kappa shape index (κ3) is 4.94. The van der Waals surface area contributed by atoms with Crippen molar-refractivity contribution in [3.63, 3.8) is 0 Å². The van der Waals surface area contributed by atoms with E-state index in [-0.39, 0.29) is 11.9 Å². The second-order valence-corrected chi connectivity index (χ2v) is 6.47. The molecule has 0 fully saturated rings. The van der Waals surface area contributed by atoms with Crippen LogP contribution in [0.15, 0.2) is 47.2 Å². The molecule has 2 atom stereocenters. The van der Waals surface area contributed by atoms with E-state index in [2.05, 4.69) is 10.6 Å². The molecule has 4 nitrogen and oxygen atoms in total. The van der Waals surface area contributed by atoms with E-state index >= 15 is 0 Å². The van der Waals surface area contributed by atoms with Crippen LogP contribution < -0.4 is 10.6 Å². The zero-order valence-corrected chi connectivity index (χ0v) is 13.7. The summed E-state index contributed by atoms with van der Waals surface area (Å²) in [4.78, 5) is 12.0. The van der Waals surface area contributed by atoms with Crippen LogP contribution in [0.1, 0.15) is 25.8 Å². The first-order valence-electron chi connectivity index (χ1n) is 7.31. The van der Waals surface area contributed by atoms with E-state index in [1.54, 1.807) is 18.3 Å². The standard InChI is InChI=1S/C17H22N2O2S/c1-13(10-16(20)19-15-6-4-3-5-7-15)18-12-17(2,21)14-8-9-22-11-14/h3-9,11,13,18,21H,10,12H2,1-2H3,(H,19,20). The lowest BCUT2D eigenvalue weighted by Crippen LogP contribution is -2.40. The van der Waals surface area contributed by atoms with Gasteiger partial charge in [-0.1, -0.05) is 18.2 Å². The molecule has 22 heavy (non-hydrogen) atoms. The van der Waals surface area contributed by atoms with Crippen LogP contribution in [-0.2, 0) is 10.4 Å². The predicted molar refractivity (Wildman–Crippen MR) is 91.0 cm³/mol. The molecule has 0 saturated carbocycles. The highest BCUT2D eigenvalue weighted by atomic mass is 32.1. The third-order valence-corrected chi connectivity index (χ3v) is 4.17. The monoisotopic (exact) mass is 318 g/mol. The van der Waals surface area contributed by atoms with Crippen molar-refractivity contribution in [2.24, 2.45) is 0 Å². The van der Waals surface area contributed by atoms with E-state index in [1.807, 2.05) is 54.1 Å². The fraction of sp³-hybridized carbons (Fsp3) is 0.353. The van der Waals surface area contributed by atoms with Crippen LogP contribution in [-0.4, -0.2) is 23.6 Å². The minimum absolute atomic E-state index is 0.0196. The van der Waals surface area contributed by atoms with E-state index in [4.69, 9.17) is 0 Å². The van der Waals surface area contributed by atoms with Gasteiger partial charge in [0.2, 0.25) is 5.91 Å². The van der Waals surface area contributed by atoms with Crippen LogP contribution in [0.4, 0.5) is 5.69 Å². The molecule has 0 spiro atoms. The highest BCUT2D eigenvalue weighted by Gasteiger charge is 2.24. The molecule has 118 valence electrons. The van der Waals surface area contributed by atoms with Gasteiger partial charge in [-0.3, -0.25) is 4.79 Å². The topological polar surface area (TPSA) is 61.4 Å². The molecule has 2 aromatic rings. The fourth-order valence-electron chi connectivity index (χ4n) is 2.13. The molecule has 0 aliphatic rings. The molecular formula is C17H22N2O2S. The van der Waals surface area contributed by atoms with E-state index in [9.17, 15) is 9.90 Å². The fourth-order valence-corrected chi connectivity index (χ4v) is 2.91. The molecule has 1 heterocycles. The SMILES string of the molecule is CC(CC(=O)Nc1ccccc1)NCC(C)(O)c1ccsc1. The van der Waals surface area contributed by atoms with Gasteiger partial charge in [-0.15, -0.1) is 0 Å². The van der Waals surface area contributed by atoms with Crippen LogP contribution in [0, 0.1) is 0 Å². The van der Waals surface area contributed by atoms with Gasteiger partial charge in [0.15, 0.2) is 0 Å². The van der Waals surface area contributed by atoms with E-state index in [0.29, 0.717) is 13.0 Å². The predicted octanol–water partition coefficient (Wildman–Crippen LogP) is 2.96. The molecule has 0 aliphatic heterocycles. The van der Waals surface area contributed by atoms with Crippen LogP contribution >= 0.6 is 11.3 Å². The van der Waals surface area contributed by atoms with Gasteiger partial charge >= 0.3 is 0 Å². The molecule has 0 bridgehead atoms. The average molecular weight is 318 g/mol. The summed E-state index contributed by atoms with van der Waals surface area (Å²) in [6, 6.07) is 11.3. The molecule has 2 unspecified atom stereocenters. The first kappa shape index (κ1) is 16.7. The third-order valence-electron chi connectivity index (χ3n) is 3.49. The lowest BCUT2D eigenvalue weighted by molar-refractivity contribution is -0.116. The normalized spacial score (nSPS) is 15.0. The second-order valence-electron chi connectivity index (χ2n) is 5.69. The smallest absolute Gasteiger partial charge is 0.225 e. The maximum atomic E-state index is 12.0. The Labute approximate surface area is 135 Å². The van der Waals surface area contributed by atoms with Gasteiger partial charge in [-0.25, -0.2) is 0 Å². The summed E-state index contributed by atoms with van der Waals surface area (Å²) in [5, 5.41) is 20.4. The van der Waals surface area contributed by atoms with Gasteiger partial charge in [-0.05, 0) is 48.4 Å². The minimum Gasteiger partial charge on any atom is -0.384 e. The number of hydrogen-bond acceptors (Lipinski definition) is 4. The molecule has 1 aromatic carbocycles. The molecule has 1 aromatic heterocycles. The van der Waals surface area contributed by atoms with Gasteiger partial charge < -0.3 is 15.7 Å². The molecule has 1 amide bonds. The number of nitrogens with one attached hydrogen (secondary N) is 2. The molecule has 5 heteroatoms. The van der Waals surface area contributed by atoms with Gasteiger partial charge in [0, 0.05) is 24.7 Å². The number of aliphatic hydroxyl groups is 1. The molecule has 0 saturated heterocycles. The maximum Gasteiger partial charge on any atom is 0.225 e. The average Bonchev–Trinajstić information content (AvgIpc) is 3.01. The summed E-state index contributed by atoms with van der Waals surface area (Å²) in [5.41, 5.74) is 0.764. The van der Waals surface area contributed by atoms with Crippen molar-refractivity contribution in [1.29, 1.82) is 0 Å². The summed E-state index contributed by atoms with van der Waals surface area (Å²) < 4.78 is 0. The Morgan fingerprint density at radius 1 is 1.32 bits per heavy atom. The van der Waals surface area contributed by atoms with Gasteiger partial charge in [0.25, 0.3) is 0 Å². The molecule has 3 N–H and O–H groups in total. The van der Waals surface area contributed by atoms with Crippen molar-refractivity contribution in [2.75, 3.05) is 11.9 Å². The first-order chi connectivity index (χ1) is 10.5. The second kappa shape index (κ2) is 7.54. The zero-order valence-electron chi connectivity index (χ0n) is 12.9. The summed E-state index contributed by atoms with van der Waals surface area (Å²) >= 11 is 1.56. The van der Waals surface area contributed by atoms with Gasteiger partial charge in [0.1, 0.15) is 0 Å². The van der Waals surface area contributed by atoms with Gasteiger partial charge in [-0.2, -0.15) is 11.3 Å². The number of carbonyl (C=O) groups is 1. The lowest BCUT2D eigenvalue weighted by atomic mass is 9.99. The molecule has 0 aliphatic carbocycles. The number of rotatable bonds is 7. The first-order valence-corrected chi connectivity index (χ1v) is 8.25. The Balaban J connectivity index is 1.78. The molecule has 0 radical (unpaired) electrons. The van der Waals surface area contributed by atoms with Crippen LogP contribution in [0.25, 0.3) is 0 Å². The number of para-hydroxylation sites is 1. The highest BCUT2D eigenvalue weighted by Crippen LogP contribution is 2.22. The lowest BCUT2D eigenvalue weighted by Gasteiger charge is -2.25. The Morgan fingerprint density at radius 2 is 2.05 bits per heavy atom. The number of thiophene rings is 1. The number of benzene rings is 1. The number of hydrogen-bond donors (Lipinski definition) is 3. The summed E-state index contributed by atoms with van der Waals surface area (Å²) in [5.74, 6) is -0.0404. The van der Waals surface area contributed by atoms with Crippen molar-refractivity contribution in [1.82, 2.24) is 5.32 Å². The van der Waals surface area contributed by atoms with Crippen molar-refractivity contribution >= 4 is 22.9 Å². The summed E-state index contributed by atoms with van der Waals surface area (Å²) in [7, 11) is 0. The van der Waals surface area contributed by atoms with Crippen molar-refractivity contribution in [2.45, 2.75) is 31.9 Å². The number of carbonyl (C=O) groups excluding carboxylic acids is 1. The summed E-state index contributed by atoms with van der Waals surface area (Å²) in [6.07, 6.45) is 0.356. The number of anilines is 1. The van der Waals surface area contributed by atoms with E-state index in [1.165, 1.54) is 0 Å². The Kier molecular flexibility index (Phi) is 5.71. The van der Waals surface area contributed by atoms with E-state index < -0.39 is 5.60 Å². The van der Waals surface area contributed by atoms with Crippen molar-refractivity contribution in [3.05, 3.63) is 52.7 Å². The zero-order chi connectivity index (χ0) is 16.0. The minimum atomic E-state index is -0.926. The van der Waals surface area contributed by atoms with Crippen LogP contribution in [0.2, 0.25) is 0 Å². The largest absolute Gasteiger partial charge is 0.384 e. The quantitative estimate of drug-likeness (QED) is 0.735. The Hall–Kier alpha value is -1.69. The highest BCUT2D eigenvalue weighted by molar-refractivity contribution is 7.08. The molecular weight excluding hydrogens is 296 g/mol. The molecule has 2 rings (SSSR count). The Bertz CT molecular complexity index is 582. The van der Waals surface area contributed by atoms with Gasteiger partial charge in [0.05, 0.1) is 5.60 Å². The summed E-state index contributed by atoms with van der Waals surface area (Å²) in [6.45, 7) is 4.12. The maximum absolute atomic E-state index is 12.0. The van der Waals surface area contributed by atoms with Crippen molar-refractivity contribution < 1.29 is 9.90 Å². The van der Waals surface area contributed by atoms with Crippen LogP contribution in [0.3, 0.4) is 0 Å².